The van der Waals surface area contributed by atoms with Gasteiger partial charge in [-0.2, -0.15) is 0 Å². The number of hydrogen-bond acceptors (Lipinski definition) is 5. The molecule has 0 saturated carbocycles. The van der Waals surface area contributed by atoms with Gasteiger partial charge in [-0.15, -0.1) is 24.0 Å². The molecule has 7 nitrogen and oxygen atoms in total. The van der Waals surface area contributed by atoms with Crippen LogP contribution >= 0.6 is 24.0 Å². The van der Waals surface area contributed by atoms with Gasteiger partial charge in [-0.3, -0.25) is 9.79 Å². The first kappa shape index (κ1) is 27.3. The van der Waals surface area contributed by atoms with Gasteiger partial charge in [0, 0.05) is 39.1 Å². The van der Waals surface area contributed by atoms with Crippen LogP contribution in [0, 0.1) is 0 Å². The van der Waals surface area contributed by atoms with Crippen LogP contribution in [-0.4, -0.2) is 58.4 Å². The average Bonchev–Trinajstić information content (AvgIpc) is 3.23. The topological polar surface area (TPSA) is 75.2 Å². The number of hydrogen-bond donors (Lipinski definition) is 2. The number of nitrogens with zero attached hydrogens (tertiary/aromatic N) is 2. The molecule has 1 unspecified atom stereocenters. The van der Waals surface area contributed by atoms with Gasteiger partial charge >= 0.3 is 5.97 Å². The molecule has 0 spiro atoms. The van der Waals surface area contributed by atoms with E-state index in [2.05, 4.69) is 32.7 Å². The highest BCUT2D eigenvalue weighted by Gasteiger charge is 2.25. The molecule has 0 aliphatic carbocycles. The Morgan fingerprint density at radius 1 is 1.19 bits per heavy atom. The van der Waals surface area contributed by atoms with Gasteiger partial charge in [0.1, 0.15) is 5.75 Å². The second kappa shape index (κ2) is 16.0. The average molecular weight is 546 g/mol. The van der Waals surface area contributed by atoms with Crippen molar-refractivity contribution in [1.29, 1.82) is 0 Å². The molecule has 2 rings (SSSR count). The van der Waals surface area contributed by atoms with Crippen LogP contribution in [0.4, 0.5) is 5.69 Å². The van der Waals surface area contributed by atoms with Crippen LogP contribution in [0.3, 0.4) is 0 Å². The molecular formula is C23H39IN4O3. The number of halogens is 1. The maximum atomic E-state index is 11.3. The van der Waals surface area contributed by atoms with Crippen LogP contribution in [0.5, 0.6) is 5.75 Å². The monoisotopic (exact) mass is 546 g/mol. The minimum Gasteiger partial charge on any atom is -0.495 e. The van der Waals surface area contributed by atoms with Gasteiger partial charge in [0.05, 0.1) is 19.4 Å². The minimum atomic E-state index is -0.0785. The summed E-state index contributed by atoms with van der Waals surface area (Å²) in [7, 11) is 3.54. The highest BCUT2D eigenvalue weighted by molar-refractivity contribution is 14.0. The van der Waals surface area contributed by atoms with E-state index in [-0.39, 0.29) is 29.9 Å². The Morgan fingerprint density at radius 3 is 2.68 bits per heavy atom. The molecule has 0 aromatic heterocycles. The predicted molar refractivity (Wildman–Crippen MR) is 138 cm³/mol. The van der Waals surface area contributed by atoms with Crippen LogP contribution in [0.1, 0.15) is 51.9 Å². The number of rotatable bonds is 12. The van der Waals surface area contributed by atoms with E-state index >= 15 is 0 Å². The molecular weight excluding hydrogens is 507 g/mol. The number of carbonyl (C=O) groups is 1. The summed E-state index contributed by atoms with van der Waals surface area (Å²) < 4.78 is 10.4. The molecule has 8 heteroatoms. The number of benzene rings is 1. The van der Waals surface area contributed by atoms with E-state index in [1.807, 2.05) is 26.1 Å². The van der Waals surface area contributed by atoms with Crippen molar-refractivity contribution in [2.45, 2.75) is 57.9 Å². The van der Waals surface area contributed by atoms with Crippen molar-refractivity contribution in [2.24, 2.45) is 4.99 Å². The van der Waals surface area contributed by atoms with E-state index in [0.29, 0.717) is 19.1 Å². The minimum absolute atomic E-state index is 0. The van der Waals surface area contributed by atoms with Crippen molar-refractivity contribution < 1.29 is 14.3 Å². The Kier molecular flexibility index (Phi) is 14.1. The van der Waals surface area contributed by atoms with Gasteiger partial charge in [0.2, 0.25) is 0 Å². The third kappa shape index (κ3) is 9.97. The van der Waals surface area contributed by atoms with E-state index in [9.17, 15) is 4.79 Å². The summed E-state index contributed by atoms with van der Waals surface area (Å²) in [5, 5.41) is 6.96. The summed E-state index contributed by atoms with van der Waals surface area (Å²) >= 11 is 0. The van der Waals surface area contributed by atoms with Crippen LogP contribution in [0.2, 0.25) is 0 Å². The van der Waals surface area contributed by atoms with Crippen LogP contribution in [0.25, 0.3) is 0 Å². The summed E-state index contributed by atoms with van der Waals surface area (Å²) in [5.41, 5.74) is 1.15. The van der Waals surface area contributed by atoms with E-state index in [4.69, 9.17) is 9.47 Å². The molecule has 0 radical (unpaired) electrons. The maximum Gasteiger partial charge on any atom is 0.305 e. The van der Waals surface area contributed by atoms with Gasteiger partial charge in [0.15, 0.2) is 5.96 Å². The third-order valence-corrected chi connectivity index (χ3v) is 5.33. The third-order valence-electron chi connectivity index (χ3n) is 5.33. The zero-order chi connectivity index (χ0) is 21.6. The molecule has 1 saturated heterocycles. The standard InChI is InChI=1S/C23H38N4O3.HI/c1-4-30-22(28)14-8-6-5-7-11-16-25-23(24-2)26-19-15-17-27(18-19)20-12-9-10-13-21(20)29-3;/h9-10,12-13,19H,4-8,11,14-18H2,1-3H3,(H2,24,25,26);1H. The molecule has 1 atom stereocenters. The molecule has 2 N–H and O–H groups in total. The van der Waals surface area contributed by atoms with Gasteiger partial charge in [-0.25, -0.2) is 0 Å². The maximum absolute atomic E-state index is 11.3. The lowest BCUT2D eigenvalue weighted by atomic mass is 10.1. The fourth-order valence-corrected chi connectivity index (χ4v) is 3.74. The number of methoxy groups -OCH3 is 1. The zero-order valence-corrected chi connectivity index (χ0v) is 21.5. The summed E-state index contributed by atoms with van der Waals surface area (Å²) in [6.07, 6.45) is 6.99. The Hall–Kier alpha value is -1.71. The SMILES string of the molecule is CCOC(=O)CCCCCCCNC(=NC)NC1CCN(c2ccccc2OC)C1.I. The summed E-state index contributed by atoms with van der Waals surface area (Å²) in [6, 6.07) is 8.54. The van der Waals surface area contributed by atoms with Crippen LogP contribution in [0.15, 0.2) is 29.3 Å². The predicted octanol–water partition coefficient (Wildman–Crippen LogP) is 3.96. The Labute approximate surface area is 204 Å². The van der Waals surface area contributed by atoms with Crippen molar-refractivity contribution in [3.05, 3.63) is 24.3 Å². The van der Waals surface area contributed by atoms with Crippen molar-refractivity contribution in [3.63, 3.8) is 0 Å². The number of para-hydroxylation sites is 2. The number of esters is 1. The molecule has 1 fully saturated rings. The second-order valence-corrected chi connectivity index (χ2v) is 7.57. The van der Waals surface area contributed by atoms with Crippen LogP contribution < -0.4 is 20.3 Å². The lowest BCUT2D eigenvalue weighted by molar-refractivity contribution is -0.143. The molecule has 0 bridgehead atoms. The molecule has 176 valence electrons. The van der Waals surface area contributed by atoms with E-state index in [1.54, 1.807) is 7.11 Å². The molecule has 1 aliphatic rings. The molecule has 1 aromatic rings. The summed E-state index contributed by atoms with van der Waals surface area (Å²) in [4.78, 5) is 18.0. The van der Waals surface area contributed by atoms with Crippen molar-refractivity contribution in [3.8, 4) is 5.75 Å². The Bertz CT molecular complexity index is 672. The summed E-state index contributed by atoms with van der Waals surface area (Å²) in [6.45, 7) is 5.15. The highest BCUT2D eigenvalue weighted by atomic mass is 127. The van der Waals surface area contributed by atoms with Crippen molar-refractivity contribution in [2.75, 3.05) is 45.3 Å². The number of ether oxygens (including phenoxy) is 2. The number of nitrogens with one attached hydrogen (secondary N) is 2. The quantitative estimate of drug-likeness (QED) is 0.136. The molecule has 1 heterocycles. The van der Waals surface area contributed by atoms with Crippen molar-refractivity contribution in [1.82, 2.24) is 10.6 Å². The van der Waals surface area contributed by atoms with E-state index in [1.165, 1.54) is 0 Å². The summed E-state index contributed by atoms with van der Waals surface area (Å²) in [5.74, 6) is 1.71. The van der Waals surface area contributed by atoms with Gasteiger partial charge in [0.25, 0.3) is 0 Å². The number of guanidine groups is 1. The van der Waals surface area contributed by atoms with Crippen molar-refractivity contribution >= 4 is 41.6 Å². The fraction of sp³-hybridized carbons (Fsp3) is 0.652. The van der Waals surface area contributed by atoms with Gasteiger partial charge < -0.3 is 25.0 Å². The zero-order valence-electron chi connectivity index (χ0n) is 19.2. The fourth-order valence-electron chi connectivity index (χ4n) is 3.74. The molecule has 1 aliphatic heterocycles. The largest absolute Gasteiger partial charge is 0.495 e. The number of aliphatic imine (C=N–C) groups is 1. The van der Waals surface area contributed by atoms with Gasteiger partial charge in [-0.05, 0) is 38.3 Å². The lowest BCUT2D eigenvalue weighted by Gasteiger charge is -2.22. The first-order valence-corrected chi connectivity index (χ1v) is 11.2. The molecule has 31 heavy (non-hydrogen) atoms. The highest BCUT2D eigenvalue weighted by Crippen LogP contribution is 2.30. The number of unbranched alkanes of at least 4 members (excludes halogenated alkanes) is 4. The normalized spacial score (nSPS) is 15.9. The number of carbonyl (C=O) groups excluding carboxylic acids is 1. The molecule has 1 aromatic carbocycles. The second-order valence-electron chi connectivity index (χ2n) is 7.57. The number of anilines is 1. The van der Waals surface area contributed by atoms with E-state index < -0.39 is 0 Å². The van der Waals surface area contributed by atoms with Crippen LogP contribution in [-0.2, 0) is 9.53 Å². The Balaban J connectivity index is 0.00000480. The molecule has 0 amide bonds. The smallest absolute Gasteiger partial charge is 0.305 e. The lowest BCUT2D eigenvalue weighted by Crippen LogP contribution is -2.44. The Morgan fingerprint density at radius 2 is 1.94 bits per heavy atom. The van der Waals surface area contributed by atoms with Gasteiger partial charge in [-0.1, -0.05) is 31.4 Å². The first-order chi connectivity index (χ1) is 14.7. The van der Waals surface area contributed by atoms with E-state index in [0.717, 1.165) is 75.6 Å². The first-order valence-electron chi connectivity index (χ1n) is 11.2.